The molecule has 0 radical (unpaired) electrons. The van der Waals surface area contributed by atoms with E-state index in [0.717, 1.165) is 24.2 Å². The minimum Gasteiger partial charge on any atom is -0.399 e. The molecule has 0 aliphatic rings. The molecule has 0 spiro atoms. The molecule has 1 aromatic carbocycles. The van der Waals surface area contributed by atoms with Gasteiger partial charge < -0.3 is 11.1 Å². The number of carbonyl (C=O) groups excluding carboxylic acids is 1. The zero-order valence-corrected chi connectivity index (χ0v) is 13.2. The molecule has 2 rings (SSSR count). The van der Waals surface area contributed by atoms with Crippen molar-refractivity contribution in [3.8, 4) is 0 Å². The van der Waals surface area contributed by atoms with E-state index in [1.807, 2.05) is 31.0 Å². The third-order valence-electron chi connectivity index (χ3n) is 3.27. The van der Waals surface area contributed by atoms with Crippen molar-refractivity contribution in [1.82, 2.24) is 4.90 Å². The van der Waals surface area contributed by atoms with Crippen LogP contribution in [0, 0.1) is 6.92 Å². The lowest BCUT2D eigenvalue weighted by Crippen LogP contribution is -2.31. The fourth-order valence-electron chi connectivity index (χ4n) is 2.04. The first-order chi connectivity index (χ1) is 10.0. The Morgan fingerprint density at radius 2 is 2.19 bits per heavy atom. The third-order valence-corrected chi connectivity index (χ3v) is 4.21. The number of hydrogen-bond acceptors (Lipinski definition) is 4. The number of nitrogen functional groups attached to an aromatic ring is 1. The molecule has 0 bridgehead atoms. The average Bonchev–Trinajstić information content (AvgIpc) is 2.94. The SMILES string of the molecule is Cc1ccc(N)cc1NC(=O)CN(C)CCc1cccs1. The molecule has 0 unspecified atom stereocenters. The first-order valence-corrected chi connectivity index (χ1v) is 7.79. The van der Waals surface area contributed by atoms with Crippen LogP contribution in [0.5, 0.6) is 0 Å². The standard InChI is InChI=1S/C16H21N3OS/c1-12-5-6-13(17)10-15(12)18-16(20)11-19(2)8-7-14-4-3-9-21-14/h3-6,9-10H,7-8,11,17H2,1-2H3,(H,18,20). The highest BCUT2D eigenvalue weighted by atomic mass is 32.1. The number of rotatable bonds is 6. The summed E-state index contributed by atoms with van der Waals surface area (Å²) in [6.45, 7) is 3.19. The number of nitrogens with zero attached hydrogens (tertiary/aromatic N) is 1. The van der Waals surface area contributed by atoms with Gasteiger partial charge >= 0.3 is 0 Å². The summed E-state index contributed by atoms with van der Waals surface area (Å²) >= 11 is 1.75. The Balaban J connectivity index is 1.82. The van der Waals surface area contributed by atoms with Crippen molar-refractivity contribution in [1.29, 1.82) is 0 Å². The number of carbonyl (C=O) groups is 1. The largest absolute Gasteiger partial charge is 0.399 e. The van der Waals surface area contributed by atoms with Gasteiger partial charge in [-0.2, -0.15) is 0 Å². The second kappa shape index (κ2) is 7.24. The molecule has 0 saturated carbocycles. The van der Waals surface area contributed by atoms with E-state index in [0.29, 0.717) is 12.2 Å². The lowest BCUT2D eigenvalue weighted by atomic mass is 10.2. The van der Waals surface area contributed by atoms with E-state index in [-0.39, 0.29) is 5.91 Å². The van der Waals surface area contributed by atoms with Gasteiger partial charge in [-0.1, -0.05) is 12.1 Å². The molecule has 1 heterocycles. The van der Waals surface area contributed by atoms with Gasteiger partial charge in [0, 0.05) is 22.8 Å². The van der Waals surface area contributed by atoms with Crippen molar-refractivity contribution in [2.24, 2.45) is 0 Å². The van der Waals surface area contributed by atoms with Gasteiger partial charge in [0.15, 0.2) is 0 Å². The average molecular weight is 303 g/mol. The van der Waals surface area contributed by atoms with Crippen molar-refractivity contribution in [3.63, 3.8) is 0 Å². The Morgan fingerprint density at radius 3 is 2.90 bits per heavy atom. The number of aryl methyl sites for hydroxylation is 1. The topological polar surface area (TPSA) is 58.4 Å². The number of anilines is 2. The number of thiophene rings is 1. The van der Waals surface area contributed by atoms with Crippen LogP contribution in [0.25, 0.3) is 0 Å². The summed E-state index contributed by atoms with van der Waals surface area (Å²) in [6, 6.07) is 9.70. The van der Waals surface area contributed by atoms with Gasteiger partial charge in [-0.3, -0.25) is 9.69 Å². The molecule has 21 heavy (non-hydrogen) atoms. The number of hydrogen-bond donors (Lipinski definition) is 2. The van der Waals surface area contributed by atoms with Crippen molar-refractivity contribution in [2.75, 3.05) is 31.2 Å². The lowest BCUT2D eigenvalue weighted by molar-refractivity contribution is -0.117. The summed E-state index contributed by atoms with van der Waals surface area (Å²) in [5.41, 5.74) is 8.20. The summed E-state index contributed by atoms with van der Waals surface area (Å²) in [5.74, 6) is -0.0163. The van der Waals surface area contributed by atoms with Crippen LogP contribution in [0.4, 0.5) is 11.4 Å². The zero-order valence-electron chi connectivity index (χ0n) is 12.4. The van der Waals surface area contributed by atoms with E-state index in [1.165, 1.54) is 4.88 Å². The highest BCUT2D eigenvalue weighted by Crippen LogP contribution is 2.18. The van der Waals surface area contributed by atoms with E-state index in [2.05, 4.69) is 22.8 Å². The number of nitrogens with two attached hydrogens (primary N) is 1. The van der Waals surface area contributed by atoms with E-state index in [1.54, 1.807) is 17.4 Å². The molecule has 112 valence electrons. The lowest BCUT2D eigenvalue weighted by Gasteiger charge is -2.16. The molecule has 2 aromatic rings. The summed E-state index contributed by atoms with van der Waals surface area (Å²) in [7, 11) is 1.96. The van der Waals surface area contributed by atoms with Crippen LogP contribution >= 0.6 is 11.3 Å². The van der Waals surface area contributed by atoms with Crippen LogP contribution in [0.1, 0.15) is 10.4 Å². The summed E-state index contributed by atoms with van der Waals surface area (Å²) < 4.78 is 0. The van der Waals surface area contributed by atoms with Gasteiger partial charge in [0.05, 0.1) is 6.54 Å². The van der Waals surface area contributed by atoms with Crippen LogP contribution in [-0.2, 0) is 11.2 Å². The summed E-state index contributed by atoms with van der Waals surface area (Å²) in [5, 5.41) is 4.99. The van der Waals surface area contributed by atoms with Crippen molar-refractivity contribution in [3.05, 3.63) is 46.2 Å². The maximum absolute atomic E-state index is 12.1. The molecule has 3 N–H and O–H groups in total. The predicted octanol–water partition coefficient (Wildman–Crippen LogP) is 2.75. The second-order valence-electron chi connectivity index (χ2n) is 5.19. The van der Waals surface area contributed by atoms with Crippen molar-refractivity contribution < 1.29 is 4.79 Å². The number of nitrogens with one attached hydrogen (secondary N) is 1. The Kier molecular flexibility index (Phi) is 5.36. The Labute approximate surface area is 129 Å². The molecular weight excluding hydrogens is 282 g/mol. The smallest absolute Gasteiger partial charge is 0.238 e. The van der Waals surface area contributed by atoms with Gasteiger partial charge in [-0.05, 0) is 49.5 Å². The monoisotopic (exact) mass is 303 g/mol. The Morgan fingerprint density at radius 1 is 1.38 bits per heavy atom. The summed E-state index contributed by atoms with van der Waals surface area (Å²) in [6.07, 6.45) is 0.971. The highest BCUT2D eigenvalue weighted by Gasteiger charge is 2.09. The van der Waals surface area contributed by atoms with Crippen molar-refractivity contribution >= 4 is 28.6 Å². The molecule has 0 saturated heterocycles. The molecular formula is C16H21N3OS. The predicted molar refractivity (Wildman–Crippen MR) is 89.7 cm³/mol. The van der Waals surface area contributed by atoms with Crippen LogP contribution in [0.2, 0.25) is 0 Å². The fourth-order valence-corrected chi connectivity index (χ4v) is 2.74. The first-order valence-electron chi connectivity index (χ1n) is 6.91. The zero-order chi connectivity index (χ0) is 15.2. The molecule has 1 aromatic heterocycles. The van der Waals surface area contributed by atoms with Crippen molar-refractivity contribution in [2.45, 2.75) is 13.3 Å². The number of benzene rings is 1. The molecule has 0 atom stereocenters. The van der Waals surface area contributed by atoms with Gasteiger partial charge in [-0.15, -0.1) is 11.3 Å². The van der Waals surface area contributed by atoms with Gasteiger partial charge in [0.25, 0.3) is 0 Å². The van der Waals surface area contributed by atoms with E-state index < -0.39 is 0 Å². The van der Waals surface area contributed by atoms with E-state index in [9.17, 15) is 4.79 Å². The first kappa shape index (κ1) is 15.5. The summed E-state index contributed by atoms with van der Waals surface area (Å²) in [4.78, 5) is 15.4. The van der Waals surface area contributed by atoms with Crippen LogP contribution in [0.3, 0.4) is 0 Å². The molecule has 1 amide bonds. The maximum atomic E-state index is 12.1. The third kappa shape index (κ3) is 4.88. The number of amides is 1. The normalized spacial score (nSPS) is 10.8. The van der Waals surface area contributed by atoms with E-state index >= 15 is 0 Å². The molecule has 0 fully saturated rings. The maximum Gasteiger partial charge on any atom is 0.238 e. The molecule has 0 aliphatic heterocycles. The van der Waals surface area contributed by atoms with Gasteiger partial charge in [-0.25, -0.2) is 0 Å². The molecule has 5 heteroatoms. The minimum atomic E-state index is -0.0163. The number of likely N-dealkylation sites (N-methyl/N-ethyl adjacent to an activating group) is 1. The van der Waals surface area contributed by atoms with Gasteiger partial charge in [0.1, 0.15) is 0 Å². The quantitative estimate of drug-likeness (QED) is 0.807. The second-order valence-corrected chi connectivity index (χ2v) is 6.22. The van der Waals surface area contributed by atoms with Crippen LogP contribution in [0.15, 0.2) is 35.7 Å². The highest BCUT2D eigenvalue weighted by molar-refractivity contribution is 7.09. The van der Waals surface area contributed by atoms with Crippen LogP contribution < -0.4 is 11.1 Å². The van der Waals surface area contributed by atoms with E-state index in [4.69, 9.17) is 5.73 Å². The Bertz CT molecular complexity index is 596. The molecule has 0 aliphatic carbocycles. The minimum absolute atomic E-state index is 0.0163. The molecule has 4 nitrogen and oxygen atoms in total. The Hall–Kier alpha value is -1.85. The fraction of sp³-hybridized carbons (Fsp3) is 0.312. The van der Waals surface area contributed by atoms with Gasteiger partial charge in [0.2, 0.25) is 5.91 Å². The van der Waals surface area contributed by atoms with Crippen LogP contribution in [-0.4, -0.2) is 30.9 Å².